The Morgan fingerprint density at radius 1 is 1.00 bits per heavy atom. The first-order valence-electron chi connectivity index (χ1n) is 4.15. The number of rotatable bonds is 1. The average Bonchev–Trinajstić information content (AvgIpc) is 2.18. The van der Waals surface area contributed by atoms with E-state index in [1.54, 1.807) is 12.1 Å². The largest absolute Gasteiger partial charge is 0.220 e. The molecule has 0 amide bonds. The van der Waals surface area contributed by atoms with Gasteiger partial charge in [0.05, 0.1) is 5.69 Å². The second kappa shape index (κ2) is 3.88. The molecular weight excluding hydrogens is 245 g/mol. The lowest BCUT2D eigenvalue weighted by molar-refractivity contribution is 0.585. The third-order valence-electron chi connectivity index (χ3n) is 1.86. The molecule has 0 atom stereocenters. The molecule has 0 unspecified atom stereocenters. The van der Waals surface area contributed by atoms with Crippen LogP contribution in [0.1, 0.15) is 0 Å². The topological polar surface area (TPSA) is 12.9 Å². The van der Waals surface area contributed by atoms with Crippen LogP contribution in [0.4, 0.5) is 4.39 Å². The van der Waals surface area contributed by atoms with Crippen molar-refractivity contribution in [2.75, 3.05) is 0 Å². The van der Waals surface area contributed by atoms with Crippen LogP contribution in [-0.4, -0.2) is 4.98 Å². The molecule has 2 aromatic rings. The molecule has 0 spiro atoms. The quantitative estimate of drug-likeness (QED) is 0.706. The third-order valence-corrected chi connectivity index (χ3v) is 2.56. The summed E-state index contributed by atoms with van der Waals surface area (Å²) in [4.78, 5) is 3.81. The highest BCUT2D eigenvalue weighted by atomic mass is 79.9. The summed E-state index contributed by atoms with van der Waals surface area (Å²) in [5, 5.41) is 0. The summed E-state index contributed by atoms with van der Waals surface area (Å²) in [6.07, 6.45) is 0. The monoisotopic (exact) mass is 251 g/mol. The maximum Gasteiger partial charge on any atom is 0.213 e. The van der Waals surface area contributed by atoms with Gasteiger partial charge in [0.2, 0.25) is 5.95 Å². The highest BCUT2D eigenvalue weighted by molar-refractivity contribution is 9.10. The van der Waals surface area contributed by atoms with Gasteiger partial charge in [-0.15, -0.1) is 0 Å². The normalized spacial score (nSPS) is 10.1. The minimum atomic E-state index is -0.460. The molecule has 0 aliphatic rings. The van der Waals surface area contributed by atoms with E-state index in [0.717, 1.165) is 10.0 Å². The fourth-order valence-corrected chi connectivity index (χ4v) is 1.72. The van der Waals surface area contributed by atoms with E-state index in [4.69, 9.17) is 0 Å². The summed E-state index contributed by atoms with van der Waals surface area (Å²) >= 11 is 3.40. The maximum atomic E-state index is 12.9. The van der Waals surface area contributed by atoms with Crippen LogP contribution in [0.5, 0.6) is 0 Å². The molecule has 0 aliphatic heterocycles. The summed E-state index contributed by atoms with van der Waals surface area (Å²) < 4.78 is 13.8. The highest BCUT2D eigenvalue weighted by Crippen LogP contribution is 2.25. The fourth-order valence-electron chi connectivity index (χ4n) is 1.23. The van der Waals surface area contributed by atoms with Crippen LogP contribution in [-0.2, 0) is 0 Å². The molecule has 1 aromatic carbocycles. The van der Waals surface area contributed by atoms with Crippen LogP contribution in [0.3, 0.4) is 0 Å². The van der Waals surface area contributed by atoms with E-state index in [9.17, 15) is 4.39 Å². The summed E-state index contributed by atoms with van der Waals surface area (Å²) in [6, 6.07) is 12.4. The molecule has 2 rings (SSSR count). The maximum absolute atomic E-state index is 12.9. The van der Waals surface area contributed by atoms with Crippen LogP contribution in [0.15, 0.2) is 46.9 Å². The van der Waals surface area contributed by atoms with Crippen LogP contribution in [0.2, 0.25) is 0 Å². The van der Waals surface area contributed by atoms with Crippen molar-refractivity contribution in [3.63, 3.8) is 0 Å². The Bertz CT molecular complexity index is 457. The minimum Gasteiger partial charge on any atom is -0.220 e. The molecule has 14 heavy (non-hydrogen) atoms. The zero-order valence-electron chi connectivity index (χ0n) is 7.24. The molecule has 0 N–H and O–H groups in total. The third kappa shape index (κ3) is 1.82. The van der Waals surface area contributed by atoms with Gasteiger partial charge < -0.3 is 0 Å². The van der Waals surface area contributed by atoms with Crippen molar-refractivity contribution in [3.8, 4) is 11.3 Å². The molecule has 70 valence electrons. The molecule has 0 saturated carbocycles. The number of hydrogen-bond donors (Lipinski definition) is 0. The molecule has 0 saturated heterocycles. The van der Waals surface area contributed by atoms with E-state index < -0.39 is 5.95 Å². The second-order valence-corrected chi connectivity index (χ2v) is 3.68. The van der Waals surface area contributed by atoms with Crippen LogP contribution in [0, 0.1) is 5.95 Å². The Balaban J connectivity index is 2.55. The summed E-state index contributed by atoms with van der Waals surface area (Å²) in [5.41, 5.74) is 1.53. The Kier molecular flexibility index (Phi) is 2.59. The van der Waals surface area contributed by atoms with Crippen LogP contribution < -0.4 is 0 Å². The van der Waals surface area contributed by atoms with Crippen LogP contribution in [0.25, 0.3) is 11.3 Å². The van der Waals surface area contributed by atoms with Gasteiger partial charge in [-0.25, -0.2) is 4.98 Å². The van der Waals surface area contributed by atoms with E-state index in [2.05, 4.69) is 20.9 Å². The Morgan fingerprint density at radius 2 is 1.79 bits per heavy atom. The van der Waals surface area contributed by atoms with Gasteiger partial charge in [0.15, 0.2) is 0 Å². The van der Waals surface area contributed by atoms with Crippen molar-refractivity contribution in [2.24, 2.45) is 0 Å². The smallest absolute Gasteiger partial charge is 0.213 e. The summed E-state index contributed by atoms with van der Waals surface area (Å²) in [7, 11) is 0. The van der Waals surface area contributed by atoms with Crippen molar-refractivity contribution in [3.05, 3.63) is 52.9 Å². The molecule has 0 radical (unpaired) electrons. The average molecular weight is 252 g/mol. The van der Waals surface area contributed by atoms with Gasteiger partial charge in [0.25, 0.3) is 0 Å². The molecule has 1 aromatic heterocycles. The molecule has 0 bridgehead atoms. The molecule has 3 heteroatoms. The molecule has 1 heterocycles. The first kappa shape index (κ1) is 9.34. The fraction of sp³-hybridized carbons (Fsp3) is 0. The lowest BCUT2D eigenvalue weighted by atomic mass is 10.1. The molecule has 0 fully saturated rings. The van der Waals surface area contributed by atoms with Crippen molar-refractivity contribution in [1.29, 1.82) is 0 Å². The standard InChI is InChI=1S/C11H7BrFN/c12-9-5-2-1-4-8(9)10-6-3-7-11(13)14-10/h1-7H. The van der Waals surface area contributed by atoms with Crippen molar-refractivity contribution >= 4 is 15.9 Å². The first-order chi connectivity index (χ1) is 6.77. The lowest BCUT2D eigenvalue weighted by Gasteiger charge is -2.02. The van der Waals surface area contributed by atoms with Gasteiger partial charge in [0.1, 0.15) is 0 Å². The SMILES string of the molecule is Fc1cccc(-c2ccccc2Br)n1. The van der Waals surface area contributed by atoms with Gasteiger partial charge in [-0.2, -0.15) is 4.39 Å². The number of nitrogens with zero attached hydrogens (tertiary/aromatic N) is 1. The van der Waals surface area contributed by atoms with Crippen molar-refractivity contribution in [1.82, 2.24) is 4.98 Å². The number of aromatic nitrogens is 1. The zero-order valence-corrected chi connectivity index (χ0v) is 8.83. The van der Waals surface area contributed by atoms with Crippen molar-refractivity contribution < 1.29 is 4.39 Å². The molecule has 0 aliphatic carbocycles. The number of halogens is 2. The number of hydrogen-bond acceptors (Lipinski definition) is 1. The minimum absolute atomic E-state index is 0.460. The van der Waals surface area contributed by atoms with Gasteiger partial charge in [0, 0.05) is 10.0 Å². The lowest BCUT2D eigenvalue weighted by Crippen LogP contribution is -1.87. The summed E-state index contributed by atoms with van der Waals surface area (Å²) in [5.74, 6) is -0.460. The molecule has 1 nitrogen and oxygen atoms in total. The van der Waals surface area contributed by atoms with Crippen LogP contribution >= 0.6 is 15.9 Å². The second-order valence-electron chi connectivity index (χ2n) is 2.83. The van der Waals surface area contributed by atoms with Gasteiger partial charge in [-0.05, 0) is 18.2 Å². The van der Waals surface area contributed by atoms with E-state index >= 15 is 0 Å². The first-order valence-corrected chi connectivity index (χ1v) is 4.94. The molecular formula is C11H7BrFN. The van der Waals surface area contributed by atoms with Gasteiger partial charge >= 0.3 is 0 Å². The Morgan fingerprint density at radius 3 is 2.50 bits per heavy atom. The Hall–Kier alpha value is -1.22. The highest BCUT2D eigenvalue weighted by Gasteiger charge is 2.03. The van der Waals surface area contributed by atoms with E-state index in [0.29, 0.717) is 5.69 Å². The van der Waals surface area contributed by atoms with Gasteiger partial charge in [-0.1, -0.05) is 40.2 Å². The van der Waals surface area contributed by atoms with E-state index in [1.807, 2.05) is 24.3 Å². The Labute approximate surface area is 89.7 Å². The predicted molar refractivity (Wildman–Crippen MR) is 57.3 cm³/mol. The predicted octanol–water partition coefficient (Wildman–Crippen LogP) is 3.65. The zero-order chi connectivity index (χ0) is 9.97. The van der Waals surface area contributed by atoms with Crippen molar-refractivity contribution in [2.45, 2.75) is 0 Å². The van der Waals surface area contributed by atoms with Gasteiger partial charge in [-0.3, -0.25) is 0 Å². The van der Waals surface area contributed by atoms with E-state index in [1.165, 1.54) is 6.07 Å². The number of benzene rings is 1. The number of pyridine rings is 1. The summed E-state index contributed by atoms with van der Waals surface area (Å²) in [6.45, 7) is 0. The van der Waals surface area contributed by atoms with E-state index in [-0.39, 0.29) is 0 Å².